The molecule has 1 aliphatic rings. The Morgan fingerprint density at radius 2 is 1.92 bits per heavy atom. The van der Waals surface area contributed by atoms with E-state index < -0.39 is 0 Å². The zero-order chi connectivity index (χ0) is 17.6. The lowest BCUT2D eigenvalue weighted by molar-refractivity contribution is -0.120. The van der Waals surface area contributed by atoms with E-state index in [4.69, 9.17) is 0 Å². The molecule has 1 N–H and O–H groups in total. The Kier molecular flexibility index (Phi) is 5.87. The second-order valence-corrected chi connectivity index (χ2v) is 7.11. The Morgan fingerprint density at radius 1 is 1.12 bits per heavy atom. The van der Waals surface area contributed by atoms with Crippen LogP contribution >= 0.6 is 0 Å². The summed E-state index contributed by atoms with van der Waals surface area (Å²) in [7, 11) is 0. The zero-order valence-electron chi connectivity index (χ0n) is 15.3. The summed E-state index contributed by atoms with van der Waals surface area (Å²) in [6.07, 6.45) is 2.61. The molecule has 0 atom stereocenters. The van der Waals surface area contributed by atoms with E-state index in [2.05, 4.69) is 66.5 Å². The molecule has 0 fully saturated rings. The van der Waals surface area contributed by atoms with Gasteiger partial charge in [-0.05, 0) is 48.9 Å². The Balaban J connectivity index is 1.38. The van der Waals surface area contributed by atoms with Crippen molar-refractivity contribution in [1.82, 2.24) is 10.2 Å². The van der Waals surface area contributed by atoms with E-state index in [0.717, 1.165) is 44.6 Å². The Morgan fingerprint density at radius 3 is 2.72 bits per heavy atom. The summed E-state index contributed by atoms with van der Waals surface area (Å²) >= 11 is 0. The summed E-state index contributed by atoms with van der Waals surface area (Å²) in [6, 6.07) is 15.0. The molecule has 2 aromatic rings. The smallest absolute Gasteiger partial charge is 0.224 e. The summed E-state index contributed by atoms with van der Waals surface area (Å²) in [5, 5.41) is 3.07. The lowest BCUT2D eigenvalue weighted by Gasteiger charge is -2.28. The summed E-state index contributed by atoms with van der Waals surface area (Å²) in [5.74, 6) is 0.121. The van der Waals surface area contributed by atoms with Gasteiger partial charge in [-0.15, -0.1) is 0 Å². The van der Waals surface area contributed by atoms with Crippen molar-refractivity contribution >= 4 is 5.91 Å². The fraction of sp³-hybridized carbons (Fsp3) is 0.409. The van der Waals surface area contributed by atoms with E-state index in [1.54, 1.807) is 0 Å². The number of amides is 1. The molecule has 0 saturated heterocycles. The van der Waals surface area contributed by atoms with Gasteiger partial charge in [0.05, 0.1) is 6.42 Å². The van der Waals surface area contributed by atoms with Gasteiger partial charge in [0.2, 0.25) is 5.91 Å². The number of hydrogen-bond acceptors (Lipinski definition) is 2. The number of hydrogen-bond donors (Lipinski definition) is 1. The lowest BCUT2D eigenvalue weighted by Crippen LogP contribution is -2.34. The minimum atomic E-state index is 0.121. The topological polar surface area (TPSA) is 32.3 Å². The second-order valence-electron chi connectivity index (χ2n) is 7.11. The molecule has 0 spiro atoms. The maximum atomic E-state index is 12.1. The van der Waals surface area contributed by atoms with Crippen molar-refractivity contribution in [3.63, 3.8) is 0 Å². The van der Waals surface area contributed by atoms with Crippen LogP contribution in [0.25, 0.3) is 0 Å². The van der Waals surface area contributed by atoms with Crippen LogP contribution in [0.5, 0.6) is 0 Å². The summed E-state index contributed by atoms with van der Waals surface area (Å²) in [5.41, 5.74) is 6.50. The molecule has 3 rings (SSSR count). The van der Waals surface area contributed by atoms with Crippen LogP contribution in [-0.2, 0) is 24.2 Å². The van der Waals surface area contributed by atoms with Gasteiger partial charge in [0, 0.05) is 26.2 Å². The van der Waals surface area contributed by atoms with E-state index >= 15 is 0 Å². The number of carbonyl (C=O) groups is 1. The molecule has 1 amide bonds. The molecule has 3 nitrogen and oxygen atoms in total. The highest BCUT2D eigenvalue weighted by Crippen LogP contribution is 2.18. The maximum Gasteiger partial charge on any atom is 0.224 e. The van der Waals surface area contributed by atoms with Gasteiger partial charge < -0.3 is 5.32 Å². The van der Waals surface area contributed by atoms with Crippen LogP contribution in [0.3, 0.4) is 0 Å². The van der Waals surface area contributed by atoms with E-state index in [9.17, 15) is 4.79 Å². The van der Waals surface area contributed by atoms with E-state index in [1.807, 2.05) is 0 Å². The second kappa shape index (κ2) is 8.30. The molecule has 2 aromatic carbocycles. The molecular weight excluding hydrogens is 308 g/mol. The van der Waals surface area contributed by atoms with Gasteiger partial charge in [-0.3, -0.25) is 9.69 Å². The van der Waals surface area contributed by atoms with Crippen LogP contribution < -0.4 is 5.32 Å². The van der Waals surface area contributed by atoms with Gasteiger partial charge in [-0.1, -0.05) is 48.0 Å². The van der Waals surface area contributed by atoms with Gasteiger partial charge in [0.1, 0.15) is 0 Å². The number of nitrogens with zero attached hydrogens (tertiary/aromatic N) is 1. The molecule has 0 unspecified atom stereocenters. The molecule has 0 saturated carbocycles. The molecule has 0 aliphatic carbocycles. The quantitative estimate of drug-likeness (QED) is 0.820. The largest absolute Gasteiger partial charge is 0.356 e. The molecule has 0 radical (unpaired) electrons. The Bertz CT molecular complexity index is 739. The average Bonchev–Trinajstić information content (AvgIpc) is 2.61. The van der Waals surface area contributed by atoms with Crippen molar-refractivity contribution in [3.8, 4) is 0 Å². The first kappa shape index (κ1) is 17.7. The van der Waals surface area contributed by atoms with Crippen LogP contribution in [0, 0.1) is 13.8 Å². The fourth-order valence-electron chi connectivity index (χ4n) is 3.56. The third-order valence-electron chi connectivity index (χ3n) is 5.03. The highest BCUT2D eigenvalue weighted by Gasteiger charge is 2.15. The van der Waals surface area contributed by atoms with Crippen molar-refractivity contribution in [2.75, 3.05) is 19.6 Å². The van der Waals surface area contributed by atoms with Crippen molar-refractivity contribution in [1.29, 1.82) is 0 Å². The maximum absolute atomic E-state index is 12.1. The molecule has 0 aromatic heterocycles. The van der Waals surface area contributed by atoms with E-state index in [1.165, 1.54) is 22.3 Å². The molecule has 1 aliphatic heterocycles. The highest BCUT2D eigenvalue weighted by atomic mass is 16.1. The van der Waals surface area contributed by atoms with Crippen molar-refractivity contribution in [2.24, 2.45) is 0 Å². The van der Waals surface area contributed by atoms with Crippen LogP contribution in [0.1, 0.15) is 34.2 Å². The molecule has 1 heterocycles. The number of rotatable bonds is 6. The lowest BCUT2D eigenvalue weighted by atomic mass is 10.00. The van der Waals surface area contributed by atoms with Crippen LogP contribution in [-0.4, -0.2) is 30.4 Å². The first-order valence-electron chi connectivity index (χ1n) is 9.24. The van der Waals surface area contributed by atoms with Gasteiger partial charge in [0.25, 0.3) is 0 Å². The third kappa shape index (κ3) is 4.93. The van der Waals surface area contributed by atoms with Crippen LogP contribution in [0.15, 0.2) is 42.5 Å². The first-order chi connectivity index (χ1) is 12.1. The molecule has 132 valence electrons. The van der Waals surface area contributed by atoms with Gasteiger partial charge >= 0.3 is 0 Å². The number of aryl methyl sites for hydroxylation is 2. The fourth-order valence-corrected chi connectivity index (χ4v) is 3.56. The highest BCUT2D eigenvalue weighted by molar-refractivity contribution is 5.78. The van der Waals surface area contributed by atoms with Crippen LogP contribution in [0.4, 0.5) is 0 Å². The SMILES string of the molecule is Cc1ccc(CC(=O)NCCCN2CCc3ccccc3C2)c(C)c1. The average molecular weight is 336 g/mol. The Hall–Kier alpha value is -2.13. The number of carbonyl (C=O) groups excluding carboxylic acids is 1. The monoisotopic (exact) mass is 336 g/mol. The molecular formula is C22H28N2O. The summed E-state index contributed by atoms with van der Waals surface area (Å²) in [4.78, 5) is 14.6. The normalized spacial score (nSPS) is 14.2. The Labute approximate surface area is 151 Å². The van der Waals surface area contributed by atoms with Gasteiger partial charge in [0.15, 0.2) is 0 Å². The van der Waals surface area contributed by atoms with Gasteiger partial charge in [-0.2, -0.15) is 0 Å². The molecule has 25 heavy (non-hydrogen) atoms. The minimum Gasteiger partial charge on any atom is -0.356 e. The van der Waals surface area contributed by atoms with Crippen molar-refractivity contribution in [2.45, 2.75) is 39.7 Å². The molecule has 0 bridgehead atoms. The summed E-state index contributed by atoms with van der Waals surface area (Å²) in [6.45, 7) is 8.10. The number of nitrogens with one attached hydrogen (secondary N) is 1. The zero-order valence-corrected chi connectivity index (χ0v) is 15.3. The standard InChI is InChI=1S/C22H28N2O/c1-17-8-9-20(18(2)14-17)15-22(25)23-11-5-12-24-13-10-19-6-3-4-7-21(19)16-24/h3-4,6-9,14H,5,10-13,15-16H2,1-2H3,(H,23,25). The van der Waals surface area contributed by atoms with Crippen molar-refractivity contribution < 1.29 is 4.79 Å². The number of benzene rings is 2. The predicted octanol–water partition coefficient (Wildman–Crippen LogP) is 3.41. The van der Waals surface area contributed by atoms with Gasteiger partial charge in [-0.25, -0.2) is 0 Å². The summed E-state index contributed by atoms with van der Waals surface area (Å²) < 4.78 is 0. The minimum absolute atomic E-state index is 0.121. The van der Waals surface area contributed by atoms with E-state index in [-0.39, 0.29) is 5.91 Å². The molecule has 3 heteroatoms. The predicted molar refractivity (Wildman–Crippen MR) is 103 cm³/mol. The number of fused-ring (bicyclic) bond motifs is 1. The van der Waals surface area contributed by atoms with Crippen LogP contribution in [0.2, 0.25) is 0 Å². The van der Waals surface area contributed by atoms with E-state index in [0.29, 0.717) is 6.42 Å². The van der Waals surface area contributed by atoms with Crippen molar-refractivity contribution in [3.05, 3.63) is 70.3 Å². The first-order valence-corrected chi connectivity index (χ1v) is 9.24. The third-order valence-corrected chi connectivity index (χ3v) is 5.03.